The highest BCUT2D eigenvalue weighted by Crippen LogP contribution is 2.11. The highest BCUT2D eigenvalue weighted by atomic mass is 35.5. The molecule has 0 aliphatic rings. The van der Waals surface area contributed by atoms with Crippen molar-refractivity contribution in [1.29, 1.82) is 0 Å². The molecule has 4 nitrogen and oxygen atoms in total. The van der Waals surface area contributed by atoms with E-state index in [0.717, 1.165) is 0 Å². The van der Waals surface area contributed by atoms with Gasteiger partial charge < -0.3 is 0 Å². The first-order valence-electron chi connectivity index (χ1n) is 3.26. The van der Waals surface area contributed by atoms with Crippen LogP contribution in [0.4, 0.5) is 0 Å². The van der Waals surface area contributed by atoms with Gasteiger partial charge in [0.05, 0.1) is 11.2 Å². The molecule has 2 aromatic rings. The average Bonchev–Trinajstić information content (AvgIpc) is 2.04. The second-order valence-corrected chi connectivity index (χ2v) is 2.73. The minimum Gasteiger partial charge on any atom is -0.266 e. The summed E-state index contributed by atoms with van der Waals surface area (Å²) in [6.07, 6.45) is 2.94. The van der Waals surface area contributed by atoms with E-state index in [1.807, 2.05) is 0 Å². The summed E-state index contributed by atoms with van der Waals surface area (Å²) in [5, 5.41) is 7.04. The van der Waals surface area contributed by atoms with E-state index in [9.17, 15) is 4.79 Å². The molecule has 0 aromatic carbocycles. The molecule has 2 rings (SSSR count). The van der Waals surface area contributed by atoms with E-state index in [-0.39, 0.29) is 5.56 Å². The molecule has 1 N–H and O–H groups in total. The van der Waals surface area contributed by atoms with Crippen LogP contribution in [0.1, 0.15) is 0 Å². The summed E-state index contributed by atoms with van der Waals surface area (Å²) in [6.45, 7) is 0. The number of H-pyrrole nitrogens is 1. The van der Waals surface area contributed by atoms with Gasteiger partial charge in [0.1, 0.15) is 5.52 Å². The molecule has 0 aliphatic heterocycles. The monoisotopic (exact) mass is 181 g/mol. The van der Waals surface area contributed by atoms with Crippen LogP contribution in [-0.2, 0) is 0 Å². The number of hydrogen-bond acceptors (Lipinski definition) is 3. The zero-order valence-electron chi connectivity index (χ0n) is 5.91. The molecule has 0 unspecified atom stereocenters. The Hall–Kier alpha value is -1.42. The molecule has 0 amide bonds. The predicted octanol–water partition coefficient (Wildman–Crippen LogP) is 0.971. The lowest BCUT2D eigenvalue weighted by Gasteiger charge is -1.93. The van der Waals surface area contributed by atoms with Gasteiger partial charge in [0.15, 0.2) is 0 Å². The number of fused-ring (bicyclic) bond motifs is 1. The van der Waals surface area contributed by atoms with Gasteiger partial charge in [-0.2, -0.15) is 5.10 Å². The van der Waals surface area contributed by atoms with Crippen molar-refractivity contribution >= 4 is 22.5 Å². The third-order valence-corrected chi connectivity index (χ3v) is 1.68. The van der Waals surface area contributed by atoms with Gasteiger partial charge in [0.25, 0.3) is 5.56 Å². The molecule has 5 heteroatoms. The number of aromatic amines is 1. The third kappa shape index (κ3) is 1.06. The molecule has 0 atom stereocenters. The second kappa shape index (κ2) is 2.57. The van der Waals surface area contributed by atoms with E-state index in [2.05, 4.69) is 15.2 Å². The number of aromatic nitrogens is 3. The van der Waals surface area contributed by atoms with E-state index in [1.165, 1.54) is 12.4 Å². The molecule has 0 fully saturated rings. The average molecular weight is 182 g/mol. The van der Waals surface area contributed by atoms with Crippen molar-refractivity contribution in [2.75, 3.05) is 0 Å². The summed E-state index contributed by atoms with van der Waals surface area (Å²) in [5.74, 6) is 0. The van der Waals surface area contributed by atoms with Crippen molar-refractivity contribution in [2.24, 2.45) is 0 Å². The van der Waals surface area contributed by atoms with Crippen LogP contribution >= 0.6 is 11.6 Å². The summed E-state index contributed by atoms with van der Waals surface area (Å²) in [7, 11) is 0. The van der Waals surface area contributed by atoms with Crippen molar-refractivity contribution in [3.8, 4) is 0 Å². The van der Waals surface area contributed by atoms with Crippen LogP contribution < -0.4 is 5.56 Å². The van der Waals surface area contributed by atoms with Gasteiger partial charge in [0.2, 0.25) is 0 Å². The largest absolute Gasteiger partial charge is 0.290 e. The number of nitrogens with zero attached hydrogens (tertiary/aromatic N) is 2. The minimum absolute atomic E-state index is 0.302. The first-order valence-corrected chi connectivity index (χ1v) is 3.64. The van der Waals surface area contributed by atoms with Crippen LogP contribution in [-0.4, -0.2) is 15.2 Å². The molecule has 0 saturated heterocycles. The van der Waals surface area contributed by atoms with E-state index >= 15 is 0 Å². The zero-order valence-corrected chi connectivity index (χ0v) is 6.67. The van der Waals surface area contributed by atoms with Gasteiger partial charge in [-0.25, -0.2) is 10.1 Å². The van der Waals surface area contributed by atoms with E-state index in [4.69, 9.17) is 11.6 Å². The number of nitrogens with one attached hydrogen (secondary N) is 1. The summed E-state index contributed by atoms with van der Waals surface area (Å²) < 4.78 is 0. The fourth-order valence-electron chi connectivity index (χ4n) is 0.956. The highest BCUT2D eigenvalue weighted by molar-refractivity contribution is 6.31. The Kier molecular flexibility index (Phi) is 1.55. The topological polar surface area (TPSA) is 58.6 Å². The summed E-state index contributed by atoms with van der Waals surface area (Å²) >= 11 is 5.67. The number of rotatable bonds is 0. The van der Waals surface area contributed by atoms with Gasteiger partial charge in [-0.05, 0) is 6.07 Å². The normalized spacial score (nSPS) is 10.4. The maximum atomic E-state index is 11.1. The molecule has 0 bridgehead atoms. The molecular weight excluding hydrogens is 178 g/mol. The fourth-order valence-corrected chi connectivity index (χ4v) is 1.12. The van der Waals surface area contributed by atoms with Crippen LogP contribution in [0, 0.1) is 0 Å². The van der Waals surface area contributed by atoms with E-state index in [0.29, 0.717) is 15.9 Å². The van der Waals surface area contributed by atoms with Gasteiger partial charge in [0, 0.05) is 11.6 Å². The van der Waals surface area contributed by atoms with Gasteiger partial charge in [-0.15, -0.1) is 0 Å². The molecule has 60 valence electrons. The molecular formula is C7H4ClN3O. The van der Waals surface area contributed by atoms with E-state index < -0.39 is 0 Å². The lowest BCUT2D eigenvalue weighted by Crippen LogP contribution is -2.08. The lowest BCUT2D eigenvalue weighted by molar-refractivity contribution is 1.00. The van der Waals surface area contributed by atoms with Crippen LogP contribution in [0.3, 0.4) is 0 Å². The van der Waals surface area contributed by atoms with Crippen molar-refractivity contribution in [3.63, 3.8) is 0 Å². The Morgan fingerprint density at radius 3 is 3.08 bits per heavy atom. The first-order chi connectivity index (χ1) is 5.77. The highest BCUT2D eigenvalue weighted by Gasteiger charge is 1.99. The van der Waals surface area contributed by atoms with Gasteiger partial charge in [-0.1, -0.05) is 11.6 Å². The van der Waals surface area contributed by atoms with Crippen molar-refractivity contribution in [2.45, 2.75) is 0 Å². The molecule has 12 heavy (non-hydrogen) atoms. The Morgan fingerprint density at radius 1 is 1.42 bits per heavy atom. The lowest BCUT2D eigenvalue weighted by atomic mass is 10.3. The SMILES string of the molecule is O=c1[nH]ncc2cc(Cl)cnc12. The molecule has 2 aromatic heterocycles. The van der Waals surface area contributed by atoms with Crippen molar-refractivity contribution in [3.05, 3.63) is 33.8 Å². The zero-order chi connectivity index (χ0) is 8.55. The molecule has 2 heterocycles. The van der Waals surface area contributed by atoms with Crippen LogP contribution in [0.25, 0.3) is 10.9 Å². The smallest absolute Gasteiger partial charge is 0.266 e. The Morgan fingerprint density at radius 2 is 2.25 bits per heavy atom. The molecule has 0 aliphatic carbocycles. The summed E-state index contributed by atoms with van der Waals surface area (Å²) in [4.78, 5) is 14.9. The quantitative estimate of drug-likeness (QED) is 0.659. The van der Waals surface area contributed by atoms with Crippen LogP contribution in [0.2, 0.25) is 5.02 Å². The van der Waals surface area contributed by atoms with Crippen LogP contribution in [0.5, 0.6) is 0 Å². The number of hydrogen-bond donors (Lipinski definition) is 1. The summed E-state index contributed by atoms with van der Waals surface area (Å²) in [5.41, 5.74) is 0.0542. The Labute approximate surface area is 72.2 Å². The maximum absolute atomic E-state index is 11.1. The second-order valence-electron chi connectivity index (χ2n) is 2.29. The van der Waals surface area contributed by atoms with Crippen molar-refractivity contribution in [1.82, 2.24) is 15.2 Å². The maximum Gasteiger partial charge on any atom is 0.290 e. The number of halogens is 1. The summed E-state index contributed by atoms with van der Waals surface area (Å²) in [6, 6.07) is 1.64. The Bertz CT molecular complexity index is 479. The molecule has 0 radical (unpaired) electrons. The molecule has 0 saturated carbocycles. The Balaban J connectivity index is 2.96. The first kappa shape index (κ1) is 7.24. The predicted molar refractivity (Wildman–Crippen MR) is 45.2 cm³/mol. The van der Waals surface area contributed by atoms with Crippen LogP contribution in [0.15, 0.2) is 23.3 Å². The molecule has 0 spiro atoms. The fraction of sp³-hybridized carbons (Fsp3) is 0. The minimum atomic E-state index is -0.302. The van der Waals surface area contributed by atoms with E-state index in [1.54, 1.807) is 6.07 Å². The third-order valence-electron chi connectivity index (χ3n) is 1.47. The number of pyridine rings is 1. The van der Waals surface area contributed by atoms with Gasteiger partial charge >= 0.3 is 0 Å². The van der Waals surface area contributed by atoms with Crippen molar-refractivity contribution < 1.29 is 0 Å². The standard InChI is InChI=1S/C7H4ClN3O/c8-5-1-4-2-10-11-7(12)6(4)9-3-5/h1-3H,(H,11,12). The van der Waals surface area contributed by atoms with Gasteiger partial charge in [-0.3, -0.25) is 4.79 Å².